The van der Waals surface area contributed by atoms with Crippen LogP contribution >= 0.6 is 12.4 Å². The summed E-state index contributed by atoms with van der Waals surface area (Å²) in [6.07, 6.45) is 3.11. The number of amides is 2. The van der Waals surface area contributed by atoms with Gasteiger partial charge in [-0.1, -0.05) is 0 Å². The Bertz CT molecular complexity index is 587. The van der Waals surface area contributed by atoms with Crippen LogP contribution in [-0.4, -0.2) is 30.9 Å². The maximum atomic E-state index is 12.3. The Hall–Kier alpha value is -1.59. The van der Waals surface area contributed by atoms with Crippen molar-refractivity contribution in [3.8, 4) is 0 Å². The largest absolute Gasteiger partial charge is 0.348 e. The van der Waals surface area contributed by atoms with E-state index in [2.05, 4.69) is 5.32 Å². The highest BCUT2D eigenvalue weighted by Crippen LogP contribution is 2.32. The van der Waals surface area contributed by atoms with Gasteiger partial charge in [0.25, 0.3) is 5.91 Å². The summed E-state index contributed by atoms with van der Waals surface area (Å²) in [6.45, 7) is 2.75. The average molecular weight is 324 g/mol. The normalized spacial score (nSPS) is 17.5. The maximum Gasteiger partial charge on any atom is 0.251 e. The lowest BCUT2D eigenvalue weighted by Crippen LogP contribution is -2.41. The zero-order valence-electron chi connectivity index (χ0n) is 12.7. The molecule has 1 aliphatic heterocycles. The van der Waals surface area contributed by atoms with Crippen molar-refractivity contribution in [2.45, 2.75) is 32.2 Å². The molecule has 0 bridgehead atoms. The average Bonchev–Trinajstić information content (AvgIpc) is 3.22. The molecule has 0 aromatic heterocycles. The third-order valence-corrected chi connectivity index (χ3v) is 4.38. The van der Waals surface area contributed by atoms with E-state index in [9.17, 15) is 9.59 Å². The Morgan fingerprint density at radius 1 is 1.41 bits per heavy atom. The van der Waals surface area contributed by atoms with E-state index in [1.54, 1.807) is 17.9 Å². The van der Waals surface area contributed by atoms with Crippen molar-refractivity contribution >= 4 is 29.9 Å². The van der Waals surface area contributed by atoms with Gasteiger partial charge in [-0.3, -0.25) is 9.59 Å². The number of rotatable bonds is 4. The van der Waals surface area contributed by atoms with E-state index in [4.69, 9.17) is 5.73 Å². The minimum Gasteiger partial charge on any atom is -0.348 e. The number of halogens is 1. The summed E-state index contributed by atoms with van der Waals surface area (Å²) in [5.74, 6) is 0.519. The quantitative estimate of drug-likeness (QED) is 0.881. The molecule has 6 heteroatoms. The predicted octanol–water partition coefficient (Wildman–Crippen LogP) is 1.48. The first-order valence-electron chi connectivity index (χ1n) is 7.52. The zero-order chi connectivity index (χ0) is 15.0. The Kier molecular flexibility index (Phi) is 5.08. The number of carbonyl (C=O) groups is 2. The predicted molar refractivity (Wildman–Crippen MR) is 88.5 cm³/mol. The van der Waals surface area contributed by atoms with Crippen molar-refractivity contribution in [2.75, 3.05) is 18.0 Å². The van der Waals surface area contributed by atoms with Crippen LogP contribution in [0, 0.1) is 5.92 Å². The Balaban J connectivity index is 0.00000176. The molecule has 0 spiro atoms. The molecule has 5 nitrogen and oxygen atoms in total. The van der Waals surface area contributed by atoms with Gasteiger partial charge < -0.3 is 16.0 Å². The Morgan fingerprint density at radius 3 is 2.73 bits per heavy atom. The SMILES string of the molecule is CC(=O)N1CCc2cc(C(=O)NC(CN)C3CC3)ccc21.Cl. The van der Waals surface area contributed by atoms with Crippen LogP contribution < -0.4 is 16.0 Å². The minimum atomic E-state index is -0.0681. The van der Waals surface area contributed by atoms with E-state index in [0.29, 0.717) is 24.6 Å². The molecule has 0 radical (unpaired) electrons. The lowest BCUT2D eigenvalue weighted by Gasteiger charge is -2.17. The van der Waals surface area contributed by atoms with Gasteiger partial charge in [0, 0.05) is 37.3 Å². The molecule has 120 valence electrons. The van der Waals surface area contributed by atoms with Gasteiger partial charge in [0.2, 0.25) is 5.91 Å². The summed E-state index contributed by atoms with van der Waals surface area (Å²) in [7, 11) is 0. The molecule has 1 aromatic rings. The second-order valence-corrected chi connectivity index (χ2v) is 5.92. The van der Waals surface area contributed by atoms with Gasteiger partial charge in [0.15, 0.2) is 0 Å². The highest BCUT2D eigenvalue weighted by Gasteiger charge is 2.31. The molecule has 0 saturated heterocycles. The van der Waals surface area contributed by atoms with Crippen molar-refractivity contribution in [3.63, 3.8) is 0 Å². The lowest BCUT2D eigenvalue weighted by atomic mass is 10.1. The van der Waals surface area contributed by atoms with Crippen LogP contribution in [0.5, 0.6) is 0 Å². The van der Waals surface area contributed by atoms with Crippen molar-refractivity contribution in [1.29, 1.82) is 0 Å². The van der Waals surface area contributed by atoms with Crippen molar-refractivity contribution < 1.29 is 9.59 Å². The van der Waals surface area contributed by atoms with Crippen LogP contribution in [-0.2, 0) is 11.2 Å². The fourth-order valence-electron chi connectivity index (χ4n) is 2.99. The van der Waals surface area contributed by atoms with Crippen LogP contribution in [0.25, 0.3) is 0 Å². The van der Waals surface area contributed by atoms with Crippen LogP contribution in [0.1, 0.15) is 35.7 Å². The fourth-order valence-corrected chi connectivity index (χ4v) is 2.99. The van der Waals surface area contributed by atoms with Crippen molar-refractivity contribution in [3.05, 3.63) is 29.3 Å². The number of nitrogens with one attached hydrogen (secondary N) is 1. The van der Waals surface area contributed by atoms with E-state index in [1.807, 2.05) is 12.1 Å². The van der Waals surface area contributed by atoms with Crippen molar-refractivity contribution in [2.24, 2.45) is 11.7 Å². The molecule has 3 N–H and O–H groups in total. The first kappa shape index (κ1) is 16.8. The molecule has 1 aromatic carbocycles. The van der Waals surface area contributed by atoms with Crippen LogP contribution in [0.2, 0.25) is 0 Å². The number of nitrogens with two attached hydrogens (primary N) is 1. The molecule has 3 rings (SSSR count). The van der Waals surface area contributed by atoms with Crippen LogP contribution in [0.15, 0.2) is 18.2 Å². The number of anilines is 1. The first-order chi connectivity index (χ1) is 10.1. The standard InChI is InChI=1S/C16H21N3O2.ClH/c1-10(20)19-7-6-12-8-13(4-5-15(12)19)16(21)18-14(9-17)11-2-3-11;/h4-5,8,11,14H,2-3,6-7,9,17H2,1H3,(H,18,21);1H. The maximum absolute atomic E-state index is 12.3. The van der Waals surface area contributed by atoms with Crippen LogP contribution in [0.3, 0.4) is 0 Å². The molecule has 1 saturated carbocycles. The third-order valence-electron chi connectivity index (χ3n) is 4.38. The van der Waals surface area contributed by atoms with Gasteiger partial charge in [-0.25, -0.2) is 0 Å². The Morgan fingerprint density at radius 2 is 2.14 bits per heavy atom. The van der Waals surface area contributed by atoms with Crippen molar-refractivity contribution in [1.82, 2.24) is 5.32 Å². The van der Waals surface area contributed by atoms with E-state index in [1.165, 1.54) is 0 Å². The van der Waals surface area contributed by atoms with E-state index < -0.39 is 0 Å². The smallest absolute Gasteiger partial charge is 0.251 e. The van der Waals surface area contributed by atoms with Gasteiger partial charge in [-0.2, -0.15) is 0 Å². The summed E-state index contributed by atoms with van der Waals surface area (Å²) in [5, 5.41) is 3.03. The molecule has 2 amide bonds. The number of nitrogens with zero attached hydrogens (tertiary/aromatic N) is 1. The molecular formula is C16H22ClN3O2. The minimum absolute atomic E-state index is 0. The zero-order valence-corrected chi connectivity index (χ0v) is 13.5. The summed E-state index contributed by atoms with van der Waals surface area (Å²) in [4.78, 5) is 25.6. The molecule has 2 aliphatic rings. The lowest BCUT2D eigenvalue weighted by molar-refractivity contribution is -0.116. The van der Waals surface area contributed by atoms with E-state index >= 15 is 0 Å². The van der Waals surface area contributed by atoms with Gasteiger partial charge in [0.1, 0.15) is 0 Å². The summed E-state index contributed by atoms with van der Waals surface area (Å²) in [5.41, 5.74) is 8.36. The number of benzene rings is 1. The Labute approximate surface area is 136 Å². The number of hydrogen-bond acceptors (Lipinski definition) is 3. The summed E-state index contributed by atoms with van der Waals surface area (Å²) < 4.78 is 0. The fraction of sp³-hybridized carbons (Fsp3) is 0.500. The number of fused-ring (bicyclic) bond motifs is 1. The monoisotopic (exact) mass is 323 g/mol. The molecule has 1 atom stereocenters. The van der Waals surface area contributed by atoms with Crippen LogP contribution in [0.4, 0.5) is 5.69 Å². The summed E-state index contributed by atoms with van der Waals surface area (Å²) in [6, 6.07) is 5.64. The molecular weight excluding hydrogens is 302 g/mol. The highest BCUT2D eigenvalue weighted by molar-refractivity contribution is 5.98. The van der Waals surface area contributed by atoms with Gasteiger partial charge >= 0.3 is 0 Å². The molecule has 22 heavy (non-hydrogen) atoms. The molecule has 1 fully saturated rings. The highest BCUT2D eigenvalue weighted by atomic mass is 35.5. The van der Waals surface area contributed by atoms with Gasteiger partial charge in [-0.05, 0) is 48.9 Å². The second-order valence-electron chi connectivity index (χ2n) is 5.92. The second kappa shape index (κ2) is 6.67. The third kappa shape index (κ3) is 3.25. The van der Waals surface area contributed by atoms with E-state index in [-0.39, 0.29) is 30.3 Å². The molecule has 1 aliphatic carbocycles. The number of hydrogen-bond donors (Lipinski definition) is 2. The van der Waals surface area contributed by atoms with Gasteiger partial charge in [0.05, 0.1) is 0 Å². The topological polar surface area (TPSA) is 75.4 Å². The first-order valence-corrected chi connectivity index (χ1v) is 7.52. The summed E-state index contributed by atoms with van der Waals surface area (Å²) >= 11 is 0. The van der Waals surface area contributed by atoms with Gasteiger partial charge in [-0.15, -0.1) is 12.4 Å². The molecule has 1 heterocycles. The molecule has 1 unspecified atom stereocenters. The number of carbonyl (C=O) groups excluding carboxylic acids is 2. The van der Waals surface area contributed by atoms with E-state index in [0.717, 1.165) is 30.5 Å².